The Bertz CT molecular complexity index is 732. The standard InChI is InChI=1S/C19H32ClFN4O4S/c1-25-8-17(22-10-25)12-6-15(18(21)16(20)7-12)19(26)23-24-30(27,28)9-11-4-13-2-3-14(5-11)29-13/h11-18,22,24H,2-10H2,1H3,(H,23,26). The average Bonchev–Trinajstić information content (AvgIpc) is 3.26. The maximum absolute atomic E-state index is 14.7. The van der Waals surface area contributed by atoms with E-state index >= 15 is 0 Å². The molecule has 8 nitrogen and oxygen atoms in total. The van der Waals surface area contributed by atoms with Crippen LogP contribution in [-0.4, -0.2) is 75.0 Å². The molecule has 0 aromatic rings. The zero-order valence-electron chi connectivity index (χ0n) is 17.2. The van der Waals surface area contributed by atoms with Crippen LogP contribution in [0.3, 0.4) is 0 Å². The van der Waals surface area contributed by atoms with E-state index in [4.69, 9.17) is 16.3 Å². The van der Waals surface area contributed by atoms with Crippen molar-refractivity contribution in [2.45, 2.75) is 68.3 Å². The van der Waals surface area contributed by atoms with Crippen molar-refractivity contribution in [1.29, 1.82) is 0 Å². The van der Waals surface area contributed by atoms with Gasteiger partial charge >= 0.3 is 0 Å². The lowest BCUT2D eigenvalue weighted by Gasteiger charge is -2.37. The van der Waals surface area contributed by atoms with Crippen LogP contribution in [0, 0.1) is 17.8 Å². The second-order valence-electron chi connectivity index (χ2n) is 9.47. The van der Waals surface area contributed by atoms with Crippen LogP contribution in [0.1, 0.15) is 38.5 Å². The van der Waals surface area contributed by atoms with Gasteiger partial charge < -0.3 is 4.74 Å². The van der Waals surface area contributed by atoms with Gasteiger partial charge in [0.05, 0.1) is 29.3 Å². The van der Waals surface area contributed by atoms with E-state index in [0.717, 1.165) is 38.9 Å². The number of ether oxygens (including phenoxy) is 1. The lowest BCUT2D eigenvalue weighted by molar-refractivity contribution is -0.129. The van der Waals surface area contributed by atoms with Crippen molar-refractivity contribution in [1.82, 2.24) is 20.5 Å². The molecule has 30 heavy (non-hydrogen) atoms. The highest BCUT2D eigenvalue weighted by Gasteiger charge is 2.44. The first-order chi connectivity index (χ1) is 14.2. The minimum absolute atomic E-state index is 0.0105. The van der Waals surface area contributed by atoms with Crippen molar-refractivity contribution in [2.75, 3.05) is 26.0 Å². The van der Waals surface area contributed by atoms with E-state index < -0.39 is 33.4 Å². The van der Waals surface area contributed by atoms with Gasteiger partial charge in [0.25, 0.3) is 0 Å². The van der Waals surface area contributed by atoms with Crippen LogP contribution < -0.4 is 15.6 Å². The van der Waals surface area contributed by atoms with Crippen molar-refractivity contribution < 1.29 is 22.3 Å². The molecule has 4 fully saturated rings. The smallest absolute Gasteiger partial charge is 0.241 e. The summed E-state index contributed by atoms with van der Waals surface area (Å²) in [6.45, 7) is 1.57. The van der Waals surface area contributed by atoms with E-state index in [-0.39, 0.29) is 35.8 Å². The largest absolute Gasteiger partial charge is 0.375 e. The summed E-state index contributed by atoms with van der Waals surface area (Å²) < 4.78 is 45.4. The monoisotopic (exact) mass is 466 g/mol. The molecule has 7 atom stereocenters. The Balaban J connectivity index is 1.30. The highest BCUT2D eigenvalue weighted by Crippen LogP contribution is 2.38. The SMILES string of the molecule is CN1CNC(C2CC(Cl)C(F)C(C(=O)NNS(=O)(=O)CC3CC4CCC(C3)O4)C2)C1. The molecule has 3 saturated heterocycles. The third-order valence-electron chi connectivity index (χ3n) is 7.02. The molecule has 7 unspecified atom stereocenters. The quantitative estimate of drug-likeness (QED) is 0.394. The number of rotatable bonds is 6. The number of halogens is 2. The van der Waals surface area contributed by atoms with E-state index in [1.54, 1.807) is 0 Å². The summed E-state index contributed by atoms with van der Waals surface area (Å²) in [6, 6.07) is 0.152. The van der Waals surface area contributed by atoms with Crippen LogP contribution in [-0.2, 0) is 19.6 Å². The zero-order chi connectivity index (χ0) is 21.5. The van der Waals surface area contributed by atoms with Gasteiger partial charge in [0.15, 0.2) is 0 Å². The molecule has 172 valence electrons. The Kier molecular flexibility index (Phi) is 6.91. The number of carbonyl (C=O) groups is 1. The van der Waals surface area contributed by atoms with E-state index in [2.05, 4.69) is 20.5 Å². The van der Waals surface area contributed by atoms with Gasteiger partial charge in [-0.2, -0.15) is 0 Å². The fourth-order valence-corrected chi connectivity index (χ4v) is 7.17. The Hall–Kier alpha value is -0.520. The Morgan fingerprint density at radius 2 is 1.93 bits per heavy atom. The van der Waals surface area contributed by atoms with Crippen molar-refractivity contribution in [2.24, 2.45) is 17.8 Å². The molecule has 1 aliphatic carbocycles. The van der Waals surface area contributed by atoms with Gasteiger partial charge in [-0.3, -0.25) is 20.4 Å². The zero-order valence-corrected chi connectivity index (χ0v) is 18.8. The first-order valence-corrected chi connectivity index (χ1v) is 12.9. The number of fused-ring (bicyclic) bond motifs is 2. The van der Waals surface area contributed by atoms with Crippen LogP contribution in [0.5, 0.6) is 0 Å². The van der Waals surface area contributed by atoms with Crippen LogP contribution in [0.25, 0.3) is 0 Å². The molecular formula is C19H32ClFN4O4S. The molecule has 0 aromatic heterocycles. The van der Waals surface area contributed by atoms with Gasteiger partial charge in [0, 0.05) is 19.3 Å². The molecule has 3 heterocycles. The number of hydrogen-bond donors (Lipinski definition) is 3. The molecule has 2 bridgehead atoms. The Morgan fingerprint density at radius 3 is 2.57 bits per heavy atom. The van der Waals surface area contributed by atoms with Crippen molar-refractivity contribution in [3.05, 3.63) is 0 Å². The summed E-state index contributed by atoms with van der Waals surface area (Å²) >= 11 is 6.22. The Labute approximate surface area is 182 Å². The molecule has 1 amide bonds. The van der Waals surface area contributed by atoms with Gasteiger partial charge in [-0.05, 0) is 57.4 Å². The third-order valence-corrected chi connectivity index (χ3v) is 8.77. The highest BCUT2D eigenvalue weighted by molar-refractivity contribution is 7.89. The predicted octanol–water partition coefficient (Wildman–Crippen LogP) is 0.727. The van der Waals surface area contributed by atoms with Crippen LogP contribution in [0.4, 0.5) is 4.39 Å². The van der Waals surface area contributed by atoms with Gasteiger partial charge in [-0.15, -0.1) is 16.4 Å². The number of nitrogens with zero attached hydrogens (tertiary/aromatic N) is 1. The van der Waals surface area contributed by atoms with Gasteiger partial charge in [-0.1, -0.05) is 0 Å². The number of nitrogens with one attached hydrogen (secondary N) is 3. The molecule has 0 radical (unpaired) electrons. The second-order valence-corrected chi connectivity index (χ2v) is 11.8. The molecule has 3 N–H and O–H groups in total. The van der Waals surface area contributed by atoms with Crippen molar-refractivity contribution >= 4 is 27.5 Å². The number of amides is 1. The number of carbonyl (C=O) groups excluding carboxylic acids is 1. The summed E-state index contributed by atoms with van der Waals surface area (Å²) in [5, 5.41) is 2.61. The van der Waals surface area contributed by atoms with E-state index in [9.17, 15) is 17.6 Å². The average molecular weight is 467 g/mol. The fraction of sp³-hybridized carbons (Fsp3) is 0.947. The molecular weight excluding hydrogens is 435 g/mol. The minimum atomic E-state index is -3.71. The number of likely N-dealkylation sites (N-methyl/N-ethyl adjacent to an activating group) is 1. The number of hydrogen-bond acceptors (Lipinski definition) is 6. The number of alkyl halides is 2. The molecule has 0 aromatic carbocycles. The first-order valence-electron chi connectivity index (χ1n) is 10.8. The minimum Gasteiger partial charge on any atom is -0.375 e. The van der Waals surface area contributed by atoms with Crippen molar-refractivity contribution in [3.63, 3.8) is 0 Å². The van der Waals surface area contributed by atoms with E-state index in [1.807, 2.05) is 7.05 Å². The molecule has 11 heteroatoms. The first kappa shape index (κ1) is 22.7. The fourth-order valence-electron chi connectivity index (χ4n) is 5.53. The van der Waals surface area contributed by atoms with Crippen molar-refractivity contribution in [3.8, 4) is 0 Å². The maximum Gasteiger partial charge on any atom is 0.241 e. The summed E-state index contributed by atoms with van der Waals surface area (Å²) in [6.07, 6.45) is 3.04. The molecule has 3 aliphatic heterocycles. The summed E-state index contributed by atoms with van der Waals surface area (Å²) in [4.78, 5) is 16.9. The van der Waals surface area contributed by atoms with Gasteiger partial charge in [-0.25, -0.2) is 12.8 Å². The van der Waals surface area contributed by atoms with Gasteiger partial charge in [0.1, 0.15) is 6.17 Å². The van der Waals surface area contributed by atoms with Crippen LogP contribution >= 0.6 is 11.6 Å². The van der Waals surface area contributed by atoms with Crippen LogP contribution in [0.2, 0.25) is 0 Å². The highest BCUT2D eigenvalue weighted by atomic mass is 35.5. The molecule has 1 saturated carbocycles. The topological polar surface area (TPSA) is 99.8 Å². The lowest BCUT2D eigenvalue weighted by atomic mass is 9.76. The number of sulfonamides is 1. The van der Waals surface area contributed by atoms with Crippen LogP contribution in [0.15, 0.2) is 0 Å². The Morgan fingerprint density at radius 1 is 1.23 bits per heavy atom. The molecule has 4 aliphatic rings. The normalized spacial score (nSPS) is 42.4. The summed E-state index contributed by atoms with van der Waals surface area (Å²) in [7, 11) is -1.72. The van der Waals surface area contributed by atoms with E-state index in [0.29, 0.717) is 12.8 Å². The molecule has 4 rings (SSSR count). The lowest BCUT2D eigenvalue weighted by Crippen LogP contribution is -2.52. The summed E-state index contributed by atoms with van der Waals surface area (Å²) in [5.41, 5.74) is 2.25. The number of hydrazine groups is 1. The maximum atomic E-state index is 14.7. The third kappa shape index (κ3) is 5.27. The summed E-state index contributed by atoms with van der Waals surface area (Å²) in [5.74, 6) is -1.61. The molecule has 0 spiro atoms. The van der Waals surface area contributed by atoms with Gasteiger partial charge in [0.2, 0.25) is 15.9 Å². The second kappa shape index (κ2) is 9.15. The predicted molar refractivity (Wildman–Crippen MR) is 111 cm³/mol. The van der Waals surface area contributed by atoms with E-state index in [1.165, 1.54) is 0 Å².